The highest BCUT2D eigenvalue weighted by Crippen LogP contribution is 2.43. The van der Waals surface area contributed by atoms with Crippen LogP contribution in [0.2, 0.25) is 0 Å². The lowest BCUT2D eigenvalue weighted by atomic mass is 9.68. The third kappa shape index (κ3) is 2.43. The molecule has 1 aromatic carbocycles. The normalized spacial score (nSPS) is 18.7. The highest BCUT2D eigenvalue weighted by atomic mass is 79.9. The second-order valence-electron chi connectivity index (χ2n) is 5.33. The molecule has 100 valence electrons. The van der Waals surface area contributed by atoms with Crippen molar-refractivity contribution in [2.45, 2.75) is 44.4 Å². The van der Waals surface area contributed by atoms with Gasteiger partial charge in [0.25, 0.3) is 0 Å². The van der Waals surface area contributed by atoms with E-state index in [-0.39, 0.29) is 5.41 Å². The summed E-state index contributed by atoms with van der Waals surface area (Å²) in [7, 11) is 1.72. The summed E-state index contributed by atoms with van der Waals surface area (Å²) in [5, 5.41) is 0. The summed E-state index contributed by atoms with van der Waals surface area (Å²) in [5.74, 6) is 0.917. The first-order valence-electron chi connectivity index (χ1n) is 6.67. The predicted molar refractivity (Wildman–Crippen MR) is 79.2 cm³/mol. The Labute approximate surface area is 118 Å². The molecule has 3 heteroatoms. The van der Waals surface area contributed by atoms with E-state index in [9.17, 15) is 0 Å². The molecule has 2 N–H and O–H groups in total. The van der Waals surface area contributed by atoms with Crippen molar-refractivity contribution in [3.8, 4) is 5.75 Å². The van der Waals surface area contributed by atoms with Crippen LogP contribution in [0.3, 0.4) is 0 Å². The highest BCUT2D eigenvalue weighted by molar-refractivity contribution is 9.10. The van der Waals surface area contributed by atoms with Crippen molar-refractivity contribution >= 4 is 15.9 Å². The third-order valence-electron chi connectivity index (χ3n) is 4.33. The highest BCUT2D eigenvalue weighted by Gasteiger charge is 2.34. The van der Waals surface area contributed by atoms with Gasteiger partial charge in [-0.25, -0.2) is 0 Å². The van der Waals surface area contributed by atoms with E-state index < -0.39 is 0 Å². The van der Waals surface area contributed by atoms with Crippen molar-refractivity contribution in [3.05, 3.63) is 27.7 Å². The summed E-state index contributed by atoms with van der Waals surface area (Å²) in [6, 6.07) is 4.21. The molecule has 1 saturated carbocycles. The van der Waals surface area contributed by atoms with Gasteiger partial charge in [0.2, 0.25) is 0 Å². The largest absolute Gasteiger partial charge is 0.497 e. The average Bonchev–Trinajstić information content (AvgIpc) is 2.42. The van der Waals surface area contributed by atoms with Crippen LogP contribution in [0, 0.1) is 6.92 Å². The predicted octanol–water partition coefficient (Wildman–Crippen LogP) is 3.93. The van der Waals surface area contributed by atoms with Gasteiger partial charge in [-0.05, 0) is 43.0 Å². The number of halogens is 1. The zero-order chi connectivity index (χ0) is 13.2. The SMILES string of the molecule is COc1cc(Br)c(C)c(C2(CN)CCCCC2)c1. The molecule has 0 spiro atoms. The van der Waals surface area contributed by atoms with Gasteiger partial charge in [-0.2, -0.15) is 0 Å². The van der Waals surface area contributed by atoms with Gasteiger partial charge in [0.05, 0.1) is 7.11 Å². The molecule has 0 aliphatic heterocycles. The first kappa shape index (κ1) is 13.9. The van der Waals surface area contributed by atoms with Crippen LogP contribution in [0.4, 0.5) is 0 Å². The quantitative estimate of drug-likeness (QED) is 0.918. The molecule has 1 aromatic rings. The fraction of sp³-hybridized carbons (Fsp3) is 0.600. The molecule has 1 aliphatic carbocycles. The standard InChI is InChI=1S/C15H22BrNO/c1-11-13(8-12(18-2)9-14(11)16)15(10-17)6-4-3-5-7-15/h8-9H,3-7,10,17H2,1-2H3. The van der Waals surface area contributed by atoms with E-state index in [2.05, 4.69) is 28.9 Å². The Morgan fingerprint density at radius 2 is 1.94 bits per heavy atom. The molecule has 0 atom stereocenters. The van der Waals surface area contributed by atoms with Crippen LogP contribution in [0.15, 0.2) is 16.6 Å². The molecule has 0 unspecified atom stereocenters. The Hall–Kier alpha value is -0.540. The lowest BCUT2D eigenvalue weighted by molar-refractivity contribution is 0.298. The summed E-state index contributed by atoms with van der Waals surface area (Å²) >= 11 is 3.64. The monoisotopic (exact) mass is 311 g/mol. The number of rotatable bonds is 3. The molecule has 2 nitrogen and oxygen atoms in total. The summed E-state index contributed by atoms with van der Waals surface area (Å²) in [6.07, 6.45) is 6.30. The van der Waals surface area contributed by atoms with Gasteiger partial charge in [-0.15, -0.1) is 0 Å². The number of ether oxygens (including phenoxy) is 1. The minimum atomic E-state index is 0.152. The first-order chi connectivity index (χ1) is 8.63. The molecule has 0 amide bonds. The van der Waals surface area contributed by atoms with Crippen molar-refractivity contribution in [2.24, 2.45) is 5.73 Å². The average molecular weight is 312 g/mol. The van der Waals surface area contributed by atoms with Crippen LogP contribution in [0.1, 0.15) is 43.2 Å². The van der Waals surface area contributed by atoms with Gasteiger partial charge < -0.3 is 10.5 Å². The smallest absolute Gasteiger partial charge is 0.120 e. The van der Waals surface area contributed by atoms with Crippen LogP contribution in [0.5, 0.6) is 5.75 Å². The molecule has 2 rings (SSSR count). The Balaban J connectivity index is 2.50. The Morgan fingerprint density at radius 3 is 2.50 bits per heavy atom. The number of benzene rings is 1. The summed E-state index contributed by atoms with van der Waals surface area (Å²) in [6.45, 7) is 2.90. The van der Waals surface area contributed by atoms with Gasteiger partial charge in [0.15, 0.2) is 0 Å². The zero-order valence-corrected chi connectivity index (χ0v) is 12.8. The summed E-state index contributed by atoms with van der Waals surface area (Å²) in [5.41, 5.74) is 8.96. The van der Waals surface area contributed by atoms with Crippen LogP contribution < -0.4 is 10.5 Å². The number of hydrogen-bond donors (Lipinski definition) is 1. The van der Waals surface area contributed by atoms with Gasteiger partial charge >= 0.3 is 0 Å². The van der Waals surface area contributed by atoms with Crippen molar-refractivity contribution < 1.29 is 4.74 Å². The maximum Gasteiger partial charge on any atom is 0.120 e. The Morgan fingerprint density at radius 1 is 1.28 bits per heavy atom. The molecular formula is C15H22BrNO. The second-order valence-corrected chi connectivity index (χ2v) is 6.18. The van der Waals surface area contributed by atoms with Crippen LogP contribution in [0.25, 0.3) is 0 Å². The number of nitrogens with two attached hydrogens (primary N) is 1. The first-order valence-corrected chi connectivity index (χ1v) is 7.47. The van der Waals surface area contributed by atoms with Crippen molar-refractivity contribution in [3.63, 3.8) is 0 Å². The summed E-state index contributed by atoms with van der Waals surface area (Å²) in [4.78, 5) is 0. The fourth-order valence-electron chi connectivity index (χ4n) is 3.13. The van der Waals surface area contributed by atoms with Gasteiger partial charge in [0, 0.05) is 16.4 Å². The van der Waals surface area contributed by atoms with E-state index in [1.165, 1.54) is 43.2 Å². The second kappa shape index (κ2) is 5.62. The molecule has 0 saturated heterocycles. The van der Waals surface area contributed by atoms with E-state index in [0.29, 0.717) is 0 Å². The van der Waals surface area contributed by atoms with E-state index in [1.54, 1.807) is 7.11 Å². The zero-order valence-electron chi connectivity index (χ0n) is 11.3. The van der Waals surface area contributed by atoms with E-state index in [1.807, 2.05) is 6.07 Å². The molecule has 1 fully saturated rings. The van der Waals surface area contributed by atoms with Gasteiger partial charge in [-0.1, -0.05) is 35.2 Å². The molecule has 1 aliphatic rings. The fourth-order valence-corrected chi connectivity index (χ4v) is 3.57. The maximum absolute atomic E-state index is 6.12. The molecule has 18 heavy (non-hydrogen) atoms. The molecule has 0 heterocycles. The third-order valence-corrected chi connectivity index (χ3v) is 5.15. The minimum Gasteiger partial charge on any atom is -0.497 e. The minimum absolute atomic E-state index is 0.152. The molecular weight excluding hydrogens is 290 g/mol. The Bertz CT molecular complexity index is 425. The maximum atomic E-state index is 6.12. The van der Waals surface area contributed by atoms with Crippen LogP contribution in [-0.4, -0.2) is 13.7 Å². The lowest BCUT2D eigenvalue weighted by Gasteiger charge is -2.38. The molecule has 0 radical (unpaired) electrons. The van der Waals surface area contributed by atoms with Gasteiger partial charge in [0.1, 0.15) is 5.75 Å². The molecule has 0 aromatic heterocycles. The number of hydrogen-bond acceptors (Lipinski definition) is 2. The van der Waals surface area contributed by atoms with E-state index in [4.69, 9.17) is 10.5 Å². The van der Waals surface area contributed by atoms with Crippen LogP contribution >= 0.6 is 15.9 Å². The van der Waals surface area contributed by atoms with E-state index >= 15 is 0 Å². The van der Waals surface area contributed by atoms with E-state index in [0.717, 1.165) is 16.8 Å². The molecule has 0 bridgehead atoms. The van der Waals surface area contributed by atoms with Gasteiger partial charge in [-0.3, -0.25) is 0 Å². The van der Waals surface area contributed by atoms with Crippen LogP contribution in [-0.2, 0) is 5.41 Å². The Kier molecular flexibility index (Phi) is 4.33. The number of methoxy groups -OCH3 is 1. The van der Waals surface area contributed by atoms with Crippen molar-refractivity contribution in [2.75, 3.05) is 13.7 Å². The van der Waals surface area contributed by atoms with Crippen molar-refractivity contribution in [1.29, 1.82) is 0 Å². The summed E-state index contributed by atoms with van der Waals surface area (Å²) < 4.78 is 6.52. The lowest BCUT2D eigenvalue weighted by Crippen LogP contribution is -2.37. The van der Waals surface area contributed by atoms with Crippen molar-refractivity contribution in [1.82, 2.24) is 0 Å². The topological polar surface area (TPSA) is 35.2 Å².